The van der Waals surface area contributed by atoms with E-state index in [0.717, 1.165) is 0 Å². The van der Waals surface area contributed by atoms with Crippen LogP contribution in [0.5, 0.6) is 0 Å². The van der Waals surface area contributed by atoms with E-state index >= 15 is 0 Å². The van der Waals surface area contributed by atoms with Crippen LogP contribution in [0.15, 0.2) is 41.1 Å². The Bertz CT molecular complexity index is 795. The summed E-state index contributed by atoms with van der Waals surface area (Å²) in [6, 6.07) is 7.86. The molecule has 2 aromatic rings. The van der Waals surface area contributed by atoms with Crippen molar-refractivity contribution in [2.75, 3.05) is 46.0 Å². The van der Waals surface area contributed by atoms with Crippen molar-refractivity contribution in [1.29, 1.82) is 0 Å². The highest BCUT2D eigenvalue weighted by atomic mass is 32.1. The van der Waals surface area contributed by atoms with E-state index in [9.17, 15) is 14.3 Å². The number of hydrogen-bond donors (Lipinski definition) is 1. The van der Waals surface area contributed by atoms with Crippen molar-refractivity contribution in [3.05, 3.63) is 58.0 Å². The number of morpholine rings is 1. The molecule has 7 heteroatoms. The second-order valence-electron chi connectivity index (χ2n) is 7.45. The molecule has 1 amide bonds. The fourth-order valence-electron chi connectivity index (χ4n) is 4.29. The zero-order valence-electron chi connectivity index (χ0n) is 15.7. The minimum atomic E-state index is -0.528. The number of aliphatic hydroxyl groups excluding tert-OH is 1. The summed E-state index contributed by atoms with van der Waals surface area (Å²) in [4.78, 5) is 17.5. The van der Waals surface area contributed by atoms with Crippen molar-refractivity contribution in [2.24, 2.45) is 5.92 Å². The van der Waals surface area contributed by atoms with Gasteiger partial charge in [0.25, 0.3) is 0 Å². The predicted octanol–water partition coefficient (Wildman–Crippen LogP) is 2.50. The van der Waals surface area contributed by atoms with Crippen LogP contribution in [0, 0.1) is 11.7 Å². The van der Waals surface area contributed by atoms with Crippen LogP contribution in [-0.4, -0.2) is 66.8 Å². The number of benzene rings is 1. The number of hydrogen-bond acceptors (Lipinski definition) is 5. The lowest BCUT2D eigenvalue weighted by atomic mass is 9.92. The van der Waals surface area contributed by atoms with E-state index in [1.165, 1.54) is 17.7 Å². The quantitative estimate of drug-likeness (QED) is 0.832. The van der Waals surface area contributed by atoms with Crippen molar-refractivity contribution in [2.45, 2.75) is 12.0 Å². The largest absolute Gasteiger partial charge is 0.396 e. The third-order valence-electron chi connectivity index (χ3n) is 5.77. The Morgan fingerprint density at radius 1 is 1.29 bits per heavy atom. The monoisotopic (exact) mass is 404 g/mol. The first kappa shape index (κ1) is 19.5. The lowest BCUT2D eigenvalue weighted by molar-refractivity contribution is -0.138. The fraction of sp³-hybridized carbons (Fsp3) is 0.476. The van der Waals surface area contributed by atoms with Gasteiger partial charge in [-0.2, -0.15) is 11.3 Å². The van der Waals surface area contributed by atoms with E-state index < -0.39 is 6.04 Å². The first-order valence-electron chi connectivity index (χ1n) is 9.66. The van der Waals surface area contributed by atoms with Gasteiger partial charge in [-0.1, -0.05) is 12.1 Å². The molecule has 28 heavy (non-hydrogen) atoms. The Kier molecular flexibility index (Phi) is 6.06. The molecule has 0 radical (unpaired) electrons. The van der Waals surface area contributed by atoms with Crippen molar-refractivity contribution in [3.63, 3.8) is 0 Å². The molecule has 0 spiro atoms. The van der Waals surface area contributed by atoms with Crippen LogP contribution in [0.2, 0.25) is 0 Å². The predicted molar refractivity (Wildman–Crippen MR) is 106 cm³/mol. The first-order chi connectivity index (χ1) is 13.7. The number of likely N-dealkylation sites (tertiary alicyclic amines) is 1. The van der Waals surface area contributed by atoms with Gasteiger partial charge in [0.15, 0.2) is 0 Å². The molecule has 1 aromatic carbocycles. The van der Waals surface area contributed by atoms with Crippen molar-refractivity contribution >= 4 is 17.2 Å². The summed E-state index contributed by atoms with van der Waals surface area (Å²) in [6.07, 6.45) is 0. The Labute approximate surface area is 168 Å². The highest BCUT2D eigenvalue weighted by Gasteiger charge is 2.40. The van der Waals surface area contributed by atoms with Gasteiger partial charge in [0.1, 0.15) is 11.9 Å². The van der Waals surface area contributed by atoms with Crippen LogP contribution in [0.1, 0.15) is 23.1 Å². The van der Waals surface area contributed by atoms with E-state index in [-0.39, 0.29) is 30.2 Å². The summed E-state index contributed by atoms with van der Waals surface area (Å²) in [5.74, 6) is -0.201. The summed E-state index contributed by atoms with van der Waals surface area (Å²) >= 11 is 1.63. The molecule has 5 nitrogen and oxygen atoms in total. The molecule has 2 saturated heterocycles. The van der Waals surface area contributed by atoms with E-state index in [1.54, 1.807) is 17.4 Å². The molecular weight excluding hydrogens is 379 g/mol. The van der Waals surface area contributed by atoms with Gasteiger partial charge < -0.3 is 14.7 Å². The van der Waals surface area contributed by atoms with Crippen LogP contribution in [-0.2, 0) is 9.53 Å². The third-order valence-corrected chi connectivity index (χ3v) is 6.47. The lowest BCUT2D eigenvalue weighted by Crippen LogP contribution is -2.46. The summed E-state index contributed by atoms with van der Waals surface area (Å²) in [5, 5.41) is 14.0. The average Bonchev–Trinajstić information content (AvgIpc) is 3.38. The Morgan fingerprint density at radius 3 is 2.79 bits per heavy atom. The number of ether oxygens (including phenoxy) is 1. The average molecular weight is 405 g/mol. The van der Waals surface area contributed by atoms with Crippen LogP contribution >= 0.6 is 11.3 Å². The SMILES string of the molecule is O=C([C@H](c1cccc(F)c1)N1CCOCC1)N1C[C@@H](CO)[C@H](c2ccsc2)C1. The summed E-state index contributed by atoms with van der Waals surface area (Å²) in [6.45, 7) is 3.55. The van der Waals surface area contributed by atoms with Crippen molar-refractivity contribution in [3.8, 4) is 0 Å². The third kappa shape index (κ3) is 3.98. The lowest BCUT2D eigenvalue weighted by Gasteiger charge is -2.36. The highest BCUT2D eigenvalue weighted by molar-refractivity contribution is 7.08. The molecule has 0 saturated carbocycles. The summed E-state index contributed by atoms with van der Waals surface area (Å²) in [7, 11) is 0. The standard InChI is InChI=1S/C21H25FN2O3S/c22-18-3-1-2-15(10-18)20(23-5-7-27-8-6-23)21(26)24-11-17(13-25)19(12-24)16-4-9-28-14-16/h1-4,9-10,14,17,19-20,25H,5-8,11-13H2/t17-,19-,20-/m0/s1. The second-order valence-corrected chi connectivity index (χ2v) is 8.23. The molecule has 1 N–H and O–H groups in total. The van der Waals surface area contributed by atoms with Crippen LogP contribution in [0.4, 0.5) is 4.39 Å². The molecule has 4 rings (SSSR count). The molecule has 3 atom stereocenters. The first-order valence-corrected chi connectivity index (χ1v) is 10.6. The Balaban J connectivity index is 1.60. The van der Waals surface area contributed by atoms with Gasteiger partial charge in [-0.25, -0.2) is 4.39 Å². The maximum atomic E-state index is 13.9. The van der Waals surface area contributed by atoms with Gasteiger partial charge in [-0.05, 0) is 40.1 Å². The maximum Gasteiger partial charge on any atom is 0.244 e. The number of rotatable bonds is 5. The molecule has 2 aliphatic heterocycles. The van der Waals surface area contributed by atoms with Gasteiger partial charge in [-0.15, -0.1) is 0 Å². The molecule has 2 fully saturated rings. The zero-order chi connectivity index (χ0) is 19.5. The number of thiophene rings is 1. The van der Waals surface area contributed by atoms with E-state index in [2.05, 4.69) is 16.3 Å². The number of halogens is 1. The van der Waals surface area contributed by atoms with E-state index in [0.29, 0.717) is 45.0 Å². The van der Waals surface area contributed by atoms with Crippen LogP contribution < -0.4 is 0 Å². The molecule has 0 aliphatic carbocycles. The van der Waals surface area contributed by atoms with Gasteiger partial charge in [0.2, 0.25) is 5.91 Å². The van der Waals surface area contributed by atoms with Crippen LogP contribution in [0.25, 0.3) is 0 Å². The molecule has 3 heterocycles. The van der Waals surface area contributed by atoms with Gasteiger partial charge >= 0.3 is 0 Å². The summed E-state index contributed by atoms with van der Waals surface area (Å²) < 4.78 is 19.3. The molecule has 150 valence electrons. The maximum absolute atomic E-state index is 13.9. The fourth-order valence-corrected chi connectivity index (χ4v) is 5.02. The highest BCUT2D eigenvalue weighted by Crippen LogP contribution is 2.36. The van der Waals surface area contributed by atoms with Gasteiger partial charge in [-0.3, -0.25) is 9.69 Å². The number of amides is 1. The Hall–Kier alpha value is -1.80. The molecular formula is C21H25FN2O3S. The molecule has 2 aliphatic rings. The second kappa shape index (κ2) is 8.69. The smallest absolute Gasteiger partial charge is 0.244 e. The molecule has 0 bridgehead atoms. The number of carbonyl (C=O) groups excluding carboxylic acids is 1. The van der Waals surface area contributed by atoms with Gasteiger partial charge in [0, 0.05) is 44.6 Å². The van der Waals surface area contributed by atoms with Crippen LogP contribution in [0.3, 0.4) is 0 Å². The zero-order valence-corrected chi connectivity index (χ0v) is 16.5. The summed E-state index contributed by atoms with van der Waals surface area (Å²) in [5.41, 5.74) is 1.85. The normalized spacial score (nSPS) is 24.4. The van der Waals surface area contributed by atoms with Crippen molar-refractivity contribution < 1.29 is 19.0 Å². The van der Waals surface area contributed by atoms with Gasteiger partial charge in [0.05, 0.1) is 13.2 Å². The topological polar surface area (TPSA) is 53.0 Å². The van der Waals surface area contributed by atoms with Crippen molar-refractivity contribution in [1.82, 2.24) is 9.80 Å². The van der Waals surface area contributed by atoms with E-state index in [1.807, 2.05) is 16.3 Å². The number of nitrogens with zero attached hydrogens (tertiary/aromatic N) is 2. The van der Waals surface area contributed by atoms with E-state index in [4.69, 9.17) is 4.74 Å². The minimum absolute atomic E-state index is 0.0244. The molecule has 0 unspecified atom stereocenters. The number of carbonyl (C=O) groups is 1. The number of aliphatic hydroxyl groups is 1. The Morgan fingerprint density at radius 2 is 2.11 bits per heavy atom. The minimum Gasteiger partial charge on any atom is -0.396 e. The molecule has 1 aromatic heterocycles.